The predicted molar refractivity (Wildman–Crippen MR) is 78.2 cm³/mol. The van der Waals surface area contributed by atoms with Crippen molar-refractivity contribution in [3.05, 3.63) is 83.7 Å². The Kier molecular flexibility index (Phi) is 3.17. The van der Waals surface area contributed by atoms with Crippen molar-refractivity contribution in [1.82, 2.24) is 9.78 Å². The Morgan fingerprint density at radius 1 is 0.950 bits per heavy atom. The Hall–Kier alpha value is -2.68. The molecule has 20 heavy (non-hydrogen) atoms. The summed E-state index contributed by atoms with van der Waals surface area (Å²) >= 11 is 0. The van der Waals surface area contributed by atoms with Gasteiger partial charge in [-0.05, 0) is 30.7 Å². The van der Waals surface area contributed by atoms with Crippen molar-refractivity contribution in [2.24, 2.45) is 0 Å². The summed E-state index contributed by atoms with van der Waals surface area (Å²) in [5.74, 6) is 0.0224. The molecule has 98 valence electrons. The van der Waals surface area contributed by atoms with Crippen LogP contribution in [0.3, 0.4) is 0 Å². The third-order valence-corrected chi connectivity index (χ3v) is 3.29. The van der Waals surface area contributed by atoms with E-state index in [0.29, 0.717) is 5.56 Å². The van der Waals surface area contributed by atoms with Crippen LogP contribution in [0.25, 0.3) is 5.69 Å². The van der Waals surface area contributed by atoms with E-state index in [9.17, 15) is 4.79 Å². The maximum Gasteiger partial charge on any atom is 0.195 e. The van der Waals surface area contributed by atoms with Crippen LogP contribution >= 0.6 is 0 Å². The fourth-order valence-corrected chi connectivity index (χ4v) is 2.25. The summed E-state index contributed by atoms with van der Waals surface area (Å²) in [5.41, 5.74) is 3.16. The Balaban J connectivity index is 2.12. The Bertz CT molecular complexity index is 745. The molecule has 0 N–H and O–H groups in total. The SMILES string of the molecule is Cc1ccccc1C(=O)c1ccccc1-n1cccn1. The zero-order valence-electron chi connectivity index (χ0n) is 11.2. The molecule has 3 nitrogen and oxygen atoms in total. The lowest BCUT2D eigenvalue weighted by atomic mass is 9.98. The number of carbonyl (C=O) groups is 1. The van der Waals surface area contributed by atoms with E-state index in [1.165, 1.54) is 0 Å². The summed E-state index contributed by atoms with van der Waals surface area (Å²) in [6.07, 6.45) is 3.54. The van der Waals surface area contributed by atoms with Gasteiger partial charge in [-0.25, -0.2) is 4.68 Å². The van der Waals surface area contributed by atoms with Crippen LogP contribution in [0.4, 0.5) is 0 Å². The molecule has 0 aliphatic carbocycles. The van der Waals surface area contributed by atoms with Gasteiger partial charge in [-0.2, -0.15) is 5.10 Å². The topological polar surface area (TPSA) is 34.9 Å². The first-order chi connectivity index (χ1) is 9.77. The maximum atomic E-state index is 12.7. The minimum absolute atomic E-state index is 0.0224. The normalized spacial score (nSPS) is 10.4. The number of benzene rings is 2. The van der Waals surface area contributed by atoms with E-state index in [0.717, 1.165) is 16.8 Å². The highest BCUT2D eigenvalue weighted by atomic mass is 16.1. The van der Waals surface area contributed by atoms with Crippen molar-refractivity contribution < 1.29 is 4.79 Å². The summed E-state index contributed by atoms with van der Waals surface area (Å²) in [6.45, 7) is 1.95. The van der Waals surface area contributed by atoms with E-state index in [4.69, 9.17) is 0 Å². The van der Waals surface area contributed by atoms with Crippen molar-refractivity contribution in [2.45, 2.75) is 6.92 Å². The number of ketones is 1. The molecular weight excluding hydrogens is 248 g/mol. The molecule has 0 atom stereocenters. The monoisotopic (exact) mass is 262 g/mol. The number of rotatable bonds is 3. The summed E-state index contributed by atoms with van der Waals surface area (Å²) in [5, 5.41) is 4.21. The van der Waals surface area contributed by atoms with Gasteiger partial charge in [0.25, 0.3) is 0 Å². The highest BCUT2D eigenvalue weighted by Crippen LogP contribution is 2.19. The summed E-state index contributed by atoms with van der Waals surface area (Å²) < 4.78 is 1.71. The zero-order valence-corrected chi connectivity index (χ0v) is 11.2. The minimum atomic E-state index is 0.0224. The molecule has 0 unspecified atom stereocenters. The fourth-order valence-electron chi connectivity index (χ4n) is 2.25. The lowest BCUT2D eigenvalue weighted by molar-refractivity contribution is 0.103. The molecule has 1 aromatic heterocycles. The van der Waals surface area contributed by atoms with Crippen molar-refractivity contribution in [3.63, 3.8) is 0 Å². The molecule has 3 rings (SSSR count). The van der Waals surface area contributed by atoms with E-state index in [1.54, 1.807) is 10.9 Å². The first-order valence-electron chi connectivity index (χ1n) is 6.47. The van der Waals surface area contributed by atoms with Crippen molar-refractivity contribution in [3.8, 4) is 5.69 Å². The maximum absolute atomic E-state index is 12.7. The number of hydrogen-bond acceptors (Lipinski definition) is 2. The third kappa shape index (κ3) is 2.14. The summed E-state index contributed by atoms with van der Waals surface area (Å²) in [4.78, 5) is 12.7. The molecular formula is C17H14N2O. The van der Waals surface area contributed by atoms with Gasteiger partial charge in [-0.1, -0.05) is 36.4 Å². The largest absolute Gasteiger partial charge is 0.289 e. The fraction of sp³-hybridized carbons (Fsp3) is 0.0588. The minimum Gasteiger partial charge on any atom is -0.289 e. The molecule has 0 spiro atoms. The quantitative estimate of drug-likeness (QED) is 0.678. The average Bonchev–Trinajstić information content (AvgIpc) is 3.01. The molecule has 0 saturated carbocycles. The number of nitrogens with zero attached hydrogens (tertiary/aromatic N) is 2. The number of aryl methyl sites for hydroxylation is 1. The van der Waals surface area contributed by atoms with Gasteiger partial charge in [-0.15, -0.1) is 0 Å². The zero-order chi connectivity index (χ0) is 13.9. The smallest absolute Gasteiger partial charge is 0.195 e. The van der Waals surface area contributed by atoms with Crippen LogP contribution in [0.2, 0.25) is 0 Å². The first kappa shape index (κ1) is 12.4. The second kappa shape index (κ2) is 5.13. The predicted octanol–water partition coefficient (Wildman–Crippen LogP) is 3.41. The highest BCUT2D eigenvalue weighted by Gasteiger charge is 2.15. The van der Waals surface area contributed by atoms with E-state index >= 15 is 0 Å². The second-order valence-corrected chi connectivity index (χ2v) is 4.61. The molecule has 0 bridgehead atoms. The number of carbonyl (C=O) groups excluding carboxylic acids is 1. The molecule has 0 aliphatic rings. The number of aromatic nitrogens is 2. The van der Waals surface area contributed by atoms with E-state index < -0.39 is 0 Å². The van der Waals surface area contributed by atoms with Crippen molar-refractivity contribution in [1.29, 1.82) is 0 Å². The number of para-hydroxylation sites is 1. The van der Waals surface area contributed by atoms with Crippen LogP contribution in [0, 0.1) is 6.92 Å². The summed E-state index contributed by atoms with van der Waals surface area (Å²) in [7, 11) is 0. The van der Waals surface area contributed by atoms with Gasteiger partial charge in [0.2, 0.25) is 0 Å². The molecule has 0 saturated heterocycles. The molecule has 0 aliphatic heterocycles. The van der Waals surface area contributed by atoms with E-state index in [-0.39, 0.29) is 5.78 Å². The molecule has 0 amide bonds. The van der Waals surface area contributed by atoms with Crippen LogP contribution in [0.15, 0.2) is 67.0 Å². The van der Waals surface area contributed by atoms with Crippen LogP contribution in [-0.4, -0.2) is 15.6 Å². The van der Waals surface area contributed by atoms with Crippen LogP contribution in [0.5, 0.6) is 0 Å². The Morgan fingerprint density at radius 3 is 2.35 bits per heavy atom. The van der Waals surface area contributed by atoms with Crippen LogP contribution in [0.1, 0.15) is 21.5 Å². The van der Waals surface area contributed by atoms with Gasteiger partial charge in [0, 0.05) is 23.5 Å². The lowest BCUT2D eigenvalue weighted by Crippen LogP contribution is -2.09. The van der Waals surface area contributed by atoms with Gasteiger partial charge >= 0.3 is 0 Å². The van der Waals surface area contributed by atoms with Crippen molar-refractivity contribution >= 4 is 5.78 Å². The average molecular weight is 262 g/mol. The lowest BCUT2D eigenvalue weighted by Gasteiger charge is -2.10. The van der Waals surface area contributed by atoms with Gasteiger partial charge in [0.15, 0.2) is 5.78 Å². The molecule has 3 aromatic rings. The highest BCUT2D eigenvalue weighted by molar-refractivity contribution is 6.12. The van der Waals surface area contributed by atoms with Crippen LogP contribution < -0.4 is 0 Å². The molecule has 0 fully saturated rings. The Labute approximate surface area is 117 Å². The first-order valence-corrected chi connectivity index (χ1v) is 6.47. The van der Waals surface area contributed by atoms with Gasteiger partial charge in [0.1, 0.15) is 0 Å². The molecule has 3 heteroatoms. The van der Waals surface area contributed by atoms with Crippen LogP contribution in [-0.2, 0) is 0 Å². The van der Waals surface area contributed by atoms with E-state index in [2.05, 4.69) is 5.10 Å². The third-order valence-electron chi connectivity index (χ3n) is 3.29. The number of hydrogen-bond donors (Lipinski definition) is 0. The standard InChI is InChI=1S/C17H14N2O/c1-13-7-2-3-8-14(13)17(20)15-9-4-5-10-16(15)19-12-6-11-18-19/h2-12H,1H3. The molecule has 1 heterocycles. The van der Waals surface area contributed by atoms with Gasteiger partial charge in [-0.3, -0.25) is 4.79 Å². The van der Waals surface area contributed by atoms with Gasteiger partial charge < -0.3 is 0 Å². The van der Waals surface area contributed by atoms with Gasteiger partial charge in [0.05, 0.1) is 5.69 Å². The molecule has 2 aromatic carbocycles. The second-order valence-electron chi connectivity index (χ2n) is 4.61. The van der Waals surface area contributed by atoms with Crippen molar-refractivity contribution in [2.75, 3.05) is 0 Å². The Morgan fingerprint density at radius 2 is 1.65 bits per heavy atom. The summed E-state index contributed by atoms with van der Waals surface area (Å²) in [6, 6.07) is 17.0. The molecule has 0 radical (unpaired) electrons. The van der Waals surface area contributed by atoms with E-state index in [1.807, 2.05) is 67.7 Å².